The van der Waals surface area contributed by atoms with Gasteiger partial charge in [0.2, 0.25) is 5.91 Å². The Morgan fingerprint density at radius 2 is 2.08 bits per heavy atom. The Balaban J connectivity index is 0.00000225. The normalized spacial score (nSPS) is 18.3. The van der Waals surface area contributed by atoms with Crippen LogP contribution in [0, 0.1) is 5.82 Å². The number of hydrogen-bond donors (Lipinski definition) is 3. The Hall–Kier alpha value is -2.19. The maximum absolute atomic E-state index is 14.5. The van der Waals surface area contributed by atoms with Crippen LogP contribution in [0.5, 0.6) is 0 Å². The van der Waals surface area contributed by atoms with E-state index in [1.165, 1.54) is 6.07 Å². The third-order valence-electron chi connectivity index (χ3n) is 4.48. The lowest BCUT2D eigenvalue weighted by molar-refractivity contribution is -0.126. The second kappa shape index (κ2) is 6.97. The highest BCUT2D eigenvalue weighted by molar-refractivity contribution is 6.08. The fourth-order valence-electron chi connectivity index (χ4n) is 2.93. The minimum atomic E-state index is -1.12. The number of carbonyl (C=O) groups excluding carboxylic acids is 3. The van der Waals surface area contributed by atoms with Crippen LogP contribution in [0.3, 0.4) is 0 Å². The molecule has 0 radical (unpaired) electrons. The van der Waals surface area contributed by atoms with Gasteiger partial charge in [0.15, 0.2) is 0 Å². The van der Waals surface area contributed by atoms with E-state index in [4.69, 9.17) is 0 Å². The van der Waals surface area contributed by atoms with Crippen LogP contribution in [0.2, 0.25) is 0 Å². The Morgan fingerprint density at radius 3 is 2.72 bits per heavy atom. The second-order valence-electron chi connectivity index (χ2n) is 6.44. The lowest BCUT2D eigenvalue weighted by atomic mass is 9.99. The number of nitrogens with zero attached hydrogens (tertiary/aromatic N) is 1. The van der Waals surface area contributed by atoms with Gasteiger partial charge in [-0.25, -0.2) is 9.18 Å². The molecule has 2 aliphatic heterocycles. The molecule has 136 valence electrons. The first-order chi connectivity index (χ1) is 11.3. The highest BCUT2D eigenvalue weighted by atomic mass is 35.5. The van der Waals surface area contributed by atoms with E-state index in [1.807, 2.05) is 0 Å². The first-order valence-electron chi connectivity index (χ1n) is 7.74. The predicted molar refractivity (Wildman–Crippen MR) is 92.0 cm³/mol. The van der Waals surface area contributed by atoms with Crippen molar-refractivity contribution in [2.45, 2.75) is 32.4 Å². The van der Waals surface area contributed by atoms with Crippen molar-refractivity contribution in [3.05, 3.63) is 29.1 Å². The average molecular weight is 371 g/mol. The van der Waals surface area contributed by atoms with Crippen molar-refractivity contribution in [3.63, 3.8) is 0 Å². The SMILES string of the molecule is CC1(C)C(=O)NC(=O)N1CC(=O)Nc1ccc2c(c1F)CCNC2.Cl. The summed E-state index contributed by atoms with van der Waals surface area (Å²) >= 11 is 0. The van der Waals surface area contributed by atoms with Crippen molar-refractivity contribution in [1.29, 1.82) is 0 Å². The van der Waals surface area contributed by atoms with Crippen LogP contribution in [0.1, 0.15) is 25.0 Å². The minimum Gasteiger partial charge on any atom is -0.322 e. The number of anilines is 1. The highest BCUT2D eigenvalue weighted by Crippen LogP contribution is 2.25. The fraction of sp³-hybridized carbons (Fsp3) is 0.438. The molecule has 0 unspecified atom stereocenters. The van der Waals surface area contributed by atoms with Crippen molar-refractivity contribution in [2.75, 3.05) is 18.4 Å². The van der Waals surface area contributed by atoms with Crippen molar-refractivity contribution in [2.24, 2.45) is 0 Å². The van der Waals surface area contributed by atoms with E-state index in [-0.39, 0.29) is 24.6 Å². The van der Waals surface area contributed by atoms with Gasteiger partial charge in [-0.1, -0.05) is 6.07 Å². The lowest BCUT2D eigenvalue weighted by Gasteiger charge is -2.27. The monoisotopic (exact) mass is 370 g/mol. The van der Waals surface area contributed by atoms with Crippen LogP contribution in [0.15, 0.2) is 12.1 Å². The van der Waals surface area contributed by atoms with E-state index in [2.05, 4.69) is 16.0 Å². The number of benzene rings is 1. The number of urea groups is 1. The van der Waals surface area contributed by atoms with Crippen LogP contribution in [0.4, 0.5) is 14.9 Å². The van der Waals surface area contributed by atoms with E-state index in [0.29, 0.717) is 25.1 Å². The first kappa shape index (κ1) is 19.1. The van der Waals surface area contributed by atoms with E-state index in [9.17, 15) is 18.8 Å². The third kappa shape index (κ3) is 3.45. The Kier molecular flexibility index (Phi) is 5.34. The van der Waals surface area contributed by atoms with E-state index >= 15 is 0 Å². The molecule has 1 saturated heterocycles. The Labute approximate surface area is 150 Å². The summed E-state index contributed by atoms with van der Waals surface area (Å²) in [5.41, 5.74) is 0.446. The zero-order chi connectivity index (χ0) is 17.5. The summed E-state index contributed by atoms with van der Waals surface area (Å²) in [6.07, 6.45) is 0.556. The topological polar surface area (TPSA) is 90.5 Å². The number of halogens is 2. The highest BCUT2D eigenvalue weighted by Gasteiger charge is 2.46. The largest absolute Gasteiger partial charge is 0.325 e. The van der Waals surface area contributed by atoms with Crippen LogP contribution >= 0.6 is 12.4 Å². The van der Waals surface area contributed by atoms with E-state index < -0.39 is 29.2 Å². The van der Waals surface area contributed by atoms with Crippen molar-refractivity contribution < 1.29 is 18.8 Å². The molecule has 1 fully saturated rings. The maximum Gasteiger partial charge on any atom is 0.325 e. The Morgan fingerprint density at radius 1 is 1.36 bits per heavy atom. The molecule has 0 atom stereocenters. The van der Waals surface area contributed by atoms with Gasteiger partial charge in [-0.15, -0.1) is 12.4 Å². The average Bonchev–Trinajstić information content (AvgIpc) is 2.73. The number of imide groups is 1. The van der Waals surface area contributed by atoms with Gasteiger partial charge < -0.3 is 15.5 Å². The Bertz CT molecular complexity index is 738. The van der Waals surface area contributed by atoms with Gasteiger partial charge >= 0.3 is 6.03 Å². The molecule has 3 N–H and O–H groups in total. The quantitative estimate of drug-likeness (QED) is 0.696. The number of nitrogens with one attached hydrogen (secondary N) is 3. The number of rotatable bonds is 3. The van der Waals surface area contributed by atoms with E-state index in [1.54, 1.807) is 19.9 Å². The van der Waals surface area contributed by atoms with Crippen LogP contribution < -0.4 is 16.0 Å². The second-order valence-corrected chi connectivity index (χ2v) is 6.44. The maximum atomic E-state index is 14.5. The molecular formula is C16H20ClFN4O3. The number of carbonyl (C=O) groups is 3. The van der Waals surface area contributed by atoms with Gasteiger partial charge in [0, 0.05) is 6.54 Å². The molecule has 0 saturated carbocycles. The molecular weight excluding hydrogens is 351 g/mol. The molecule has 0 spiro atoms. The summed E-state index contributed by atoms with van der Waals surface area (Å²) in [6.45, 7) is 4.05. The van der Waals surface area contributed by atoms with Gasteiger partial charge in [0.1, 0.15) is 17.9 Å². The molecule has 9 heteroatoms. The van der Waals surface area contributed by atoms with Gasteiger partial charge in [-0.2, -0.15) is 0 Å². The van der Waals surface area contributed by atoms with Crippen molar-refractivity contribution in [1.82, 2.24) is 15.5 Å². The summed E-state index contributed by atoms with van der Waals surface area (Å²) < 4.78 is 14.5. The summed E-state index contributed by atoms with van der Waals surface area (Å²) in [7, 11) is 0. The molecule has 0 bridgehead atoms. The van der Waals surface area contributed by atoms with Crippen molar-refractivity contribution >= 4 is 35.9 Å². The summed E-state index contributed by atoms with van der Waals surface area (Å²) in [5.74, 6) is -1.46. The lowest BCUT2D eigenvalue weighted by Crippen LogP contribution is -2.47. The van der Waals surface area contributed by atoms with Crippen molar-refractivity contribution in [3.8, 4) is 0 Å². The predicted octanol–water partition coefficient (Wildman–Crippen LogP) is 1.16. The van der Waals surface area contributed by atoms with Gasteiger partial charge in [-0.3, -0.25) is 14.9 Å². The molecule has 2 heterocycles. The molecule has 3 rings (SSSR count). The molecule has 4 amide bonds. The van der Waals surface area contributed by atoms with Crippen LogP contribution in [-0.4, -0.2) is 41.4 Å². The van der Waals surface area contributed by atoms with Gasteiger partial charge in [0.05, 0.1) is 5.69 Å². The van der Waals surface area contributed by atoms with Crippen LogP contribution in [-0.2, 0) is 22.6 Å². The third-order valence-corrected chi connectivity index (χ3v) is 4.48. The summed E-state index contributed by atoms with van der Waals surface area (Å²) in [4.78, 5) is 36.8. The fourth-order valence-corrected chi connectivity index (χ4v) is 2.93. The zero-order valence-corrected chi connectivity index (χ0v) is 14.8. The number of amides is 4. The molecule has 0 aromatic heterocycles. The molecule has 1 aromatic rings. The number of hydrogen-bond acceptors (Lipinski definition) is 4. The zero-order valence-electron chi connectivity index (χ0n) is 13.9. The van der Waals surface area contributed by atoms with Crippen LogP contribution in [0.25, 0.3) is 0 Å². The number of fused-ring (bicyclic) bond motifs is 1. The standard InChI is InChI=1S/C16H19FN4O3.ClH/c1-16(2)14(23)20-15(24)21(16)8-12(22)19-11-4-3-9-7-18-6-5-10(9)13(11)17;/h3-4,18H,5-8H2,1-2H3,(H,19,22)(H,20,23,24);1H. The molecule has 1 aromatic carbocycles. The minimum absolute atomic E-state index is 0. The van der Waals surface area contributed by atoms with E-state index in [0.717, 1.165) is 10.5 Å². The molecule has 2 aliphatic rings. The molecule has 25 heavy (non-hydrogen) atoms. The first-order valence-corrected chi connectivity index (χ1v) is 7.74. The summed E-state index contributed by atoms with van der Waals surface area (Å²) in [5, 5.41) is 7.82. The smallest absolute Gasteiger partial charge is 0.322 e. The molecule has 0 aliphatic carbocycles. The van der Waals surface area contributed by atoms with Gasteiger partial charge in [-0.05, 0) is 44.0 Å². The molecule has 7 nitrogen and oxygen atoms in total. The van der Waals surface area contributed by atoms with Gasteiger partial charge in [0.25, 0.3) is 5.91 Å². The summed E-state index contributed by atoms with van der Waals surface area (Å²) in [6, 6.07) is 2.66.